The van der Waals surface area contributed by atoms with E-state index in [1.54, 1.807) is 36.7 Å². The maximum absolute atomic E-state index is 11.0. The number of benzene rings is 1. The standard InChI is InChI=1S/C16H19N7O2/c17-15(20-12-13-4-1-2-5-14(13)23(24)25)21-8-10-22(11-9-21)16-18-6-3-7-19-16/h1-7H,8-12H2,(H2,17,20). The van der Waals surface area contributed by atoms with Crippen LogP contribution < -0.4 is 10.6 Å². The molecular formula is C16H19N7O2. The molecule has 0 bridgehead atoms. The summed E-state index contributed by atoms with van der Waals surface area (Å²) in [5.74, 6) is 1.10. The molecule has 1 aliphatic rings. The quantitative estimate of drug-likeness (QED) is 0.382. The van der Waals surface area contributed by atoms with Crippen molar-refractivity contribution in [3.8, 4) is 0 Å². The van der Waals surface area contributed by atoms with E-state index >= 15 is 0 Å². The zero-order chi connectivity index (χ0) is 17.6. The number of aliphatic imine (C=N–C) groups is 1. The zero-order valence-electron chi connectivity index (χ0n) is 13.7. The molecule has 0 atom stereocenters. The molecule has 0 saturated carbocycles. The van der Waals surface area contributed by atoms with Crippen molar-refractivity contribution in [2.45, 2.75) is 6.54 Å². The van der Waals surface area contributed by atoms with E-state index in [-0.39, 0.29) is 12.2 Å². The first-order valence-corrected chi connectivity index (χ1v) is 7.94. The van der Waals surface area contributed by atoms with Crippen LogP contribution in [0.15, 0.2) is 47.7 Å². The van der Waals surface area contributed by atoms with Crippen molar-refractivity contribution < 1.29 is 4.92 Å². The lowest BCUT2D eigenvalue weighted by Crippen LogP contribution is -2.51. The van der Waals surface area contributed by atoms with E-state index in [0.717, 1.165) is 13.1 Å². The van der Waals surface area contributed by atoms with Gasteiger partial charge >= 0.3 is 0 Å². The van der Waals surface area contributed by atoms with Gasteiger partial charge in [-0.15, -0.1) is 0 Å². The lowest BCUT2D eigenvalue weighted by Gasteiger charge is -2.35. The Morgan fingerprint density at radius 3 is 2.52 bits per heavy atom. The zero-order valence-corrected chi connectivity index (χ0v) is 13.7. The molecule has 0 amide bonds. The van der Waals surface area contributed by atoms with Gasteiger partial charge in [-0.2, -0.15) is 0 Å². The SMILES string of the molecule is NC(=NCc1ccccc1[N+](=O)[O-])N1CCN(c2ncccn2)CC1. The van der Waals surface area contributed by atoms with Crippen molar-refractivity contribution in [3.05, 3.63) is 58.4 Å². The van der Waals surface area contributed by atoms with Crippen molar-refractivity contribution in [3.63, 3.8) is 0 Å². The molecule has 130 valence electrons. The summed E-state index contributed by atoms with van der Waals surface area (Å²) in [7, 11) is 0. The summed E-state index contributed by atoms with van der Waals surface area (Å²) in [6.07, 6.45) is 3.44. The highest BCUT2D eigenvalue weighted by Gasteiger charge is 2.20. The van der Waals surface area contributed by atoms with Crippen molar-refractivity contribution in [2.24, 2.45) is 10.7 Å². The number of nitro benzene ring substituents is 1. The summed E-state index contributed by atoms with van der Waals surface area (Å²) in [6.45, 7) is 3.07. The molecule has 1 aromatic heterocycles. The van der Waals surface area contributed by atoms with Gasteiger partial charge in [0.05, 0.1) is 17.0 Å². The van der Waals surface area contributed by atoms with E-state index in [1.165, 1.54) is 6.07 Å². The molecule has 0 unspecified atom stereocenters. The van der Waals surface area contributed by atoms with Crippen LogP contribution in [0.1, 0.15) is 5.56 Å². The van der Waals surface area contributed by atoms with E-state index in [0.29, 0.717) is 30.6 Å². The average Bonchev–Trinajstić information content (AvgIpc) is 2.67. The van der Waals surface area contributed by atoms with Crippen LogP contribution in [0.25, 0.3) is 0 Å². The number of nitro groups is 1. The Labute approximate surface area is 145 Å². The van der Waals surface area contributed by atoms with E-state index in [9.17, 15) is 10.1 Å². The summed E-state index contributed by atoms with van der Waals surface area (Å²) < 4.78 is 0. The van der Waals surface area contributed by atoms with E-state index in [2.05, 4.69) is 19.9 Å². The number of para-hydroxylation sites is 1. The van der Waals surface area contributed by atoms with Gasteiger partial charge in [-0.1, -0.05) is 18.2 Å². The minimum absolute atomic E-state index is 0.0603. The highest BCUT2D eigenvalue weighted by atomic mass is 16.6. The van der Waals surface area contributed by atoms with E-state index < -0.39 is 4.92 Å². The Kier molecular flexibility index (Phi) is 5.03. The molecule has 3 rings (SSSR count). The molecule has 9 heteroatoms. The summed E-state index contributed by atoms with van der Waals surface area (Å²) >= 11 is 0. The van der Waals surface area contributed by atoms with Crippen molar-refractivity contribution in [1.29, 1.82) is 0 Å². The lowest BCUT2D eigenvalue weighted by atomic mass is 10.2. The van der Waals surface area contributed by atoms with Crippen LogP contribution in [0.2, 0.25) is 0 Å². The highest BCUT2D eigenvalue weighted by molar-refractivity contribution is 5.78. The summed E-state index contributed by atoms with van der Waals surface area (Å²) in [4.78, 5) is 27.5. The van der Waals surface area contributed by atoms with Crippen molar-refractivity contribution in [2.75, 3.05) is 31.1 Å². The van der Waals surface area contributed by atoms with E-state index in [1.807, 2.05) is 4.90 Å². The second kappa shape index (κ2) is 7.56. The van der Waals surface area contributed by atoms with E-state index in [4.69, 9.17) is 5.73 Å². The number of piperazine rings is 1. The Bertz CT molecular complexity index is 758. The molecule has 1 saturated heterocycles. The van der Waals surface area contributed by atoms with Gasteiger partial charge in [-0.3, -0.25) is 10.1 Å². The smallest absolute Gasteiger partial charge is 0.274 e. The highest BCUT2D eigenvalue weighted by Crippen LogP contribution is 2.18. The molecule has 0 radical (unpaired) electrons. The molecule has 0 aliphatic carbocycles. The van der Waals surface area contributed by atoms with Crippen LogP contribution in [0.4, 0.5) is 11.6 Å². The third-order valence-electron chi connectivity index (χ3n) is 4.04. The topological polar surface area (TPSA) is 114 Å². The number of hydrogen-bond acceptors (Lipinski definition) is 6. The Morgan fingerprint density at radius 1 is 1.16 bits per heavy atom. The minimum Gasteiger partial charge on any atom is -0.370 e. The van der Waals surface area contributed by atoms with Gasteiger partial charge < -0.3 is 15.5 Å². The summed E-state index contributed by atoms with van der Waals surface area (Å²) in [5, 5.41) is 11.0. The molecule has 2 heterocycles. The summed E-state index contributed by atoms with van der Waals surface area (Å²) in [6, 6.07) is 8.35. The first kappa shape index (κ1) is 16.6. The van der Waals surface area contributed by atoms with Gasteiger partial charge in [0.1, 0.15) is 0 Å². The number of hydrogen-bond donors (Lipinski definition) is 1. The Balaban J connectivity index is 1.60. The van der Waals surface area contributed by atoms with Gasteiger partial charge in [0, 0.05) is 44.6 Å². The van der Waals surface area contributed by atoms with Gasteiger partial charge in [0.15, 0.2) is 5.96 Å². The number of anilines is 1. The maximum Gasteiger partial charge on any atom is 0.274 e. The average molecular weight is 341 g/mol. The molecule has 2 N–H and O–H groups in total. The van der Waals surface area contributed by atoms with Gasteiger partial charge in [0.25, 0.3) is 5.69 Å². The normalized spacial score (nSPS) is 15.3. The molecule has 1 fully saturated rings. The molecule has 1 aromatic carbocycles. The van der Waals surface area contributed by atoms with Crippen molar-refractivity contribution >= 4 is 17.6 Å². The number of aromatic nitrogens is 2. The molecule has 25 heavy (non-hydrogen) atoms. The van der Waals surface area contributed by atoms with Crippen molar-refractivity contribution in [1.82, 2.24) is 14.9 Å². The maximum atomic E-state index is 11.0. The predicted octanol–water partition coefficient (Wildman–Crippen LogP) is 1.02. The number of nitrogens with zero attached hydrogens (tertiary/aromatic N) is 6. The molecular weight excluding hydrogens is 322 g/mol. The Hall–Kier alpha value is -3.23. The first-order valence-electron chi connectivity index (χ1n) is 7.94. The third-order valence-corrected chi connectivity index (χ3v) is 4.04. The molecule has 9 nitrogen and oxygen atoms in total. The van der Waals surface area contributed by atoms with Gasteiger partial charge in [-0.25, -0.2) is 15.0 Å². The second-order valence-corrected chi connectivity index (χ2v) is 5.58. The fourth-order valence-corrected chi connectivity index (χ4v) is 2.68. The number of guanidine groups is 1. The minimum atomic E-state index is -0.403. The summed E-state index contributed by atoms with van der Waals surface area (Å²) in [5.41, 5.74) is 6.67. The number of rotatable bonds is 4. The fourth-order valence-electron chi connectivity index (χ4n) is 2.68. The molecule has 1 aliphatic heterocycles. The third kappa shape index (κ3) is 4.00. The Morgan fingerprint density at radius 2 is 1.84 bits per heavy atom. The van der Waals surface area contributed by atoms with Crippen LogP contribution in [0.5, 0.6) is 0 Å². The van der Waals surface area contributed by atoms with Crippen LogP contribution in [0.3, 0.4) is 0 Å². The number of nitrogens with two attached hydrogens (primary N) is 1. The monoisotopic (exact) mass is 341 g/mol. The first-order chi connectivity index (χ1) is 12.1. The molecule has 2 aromatic rings. The second-order valence-electron chi connectivity index (χ2n) is 5.58. The lowest BCUT2D eigenvalue weighted by molar-refractivity contribution is -0.385. The van der Waals surface area contributed by atoms with Gasteiger partial charge in [0.2, 0.25) is 5.95 Å². The molecule has 0 spiro atoms. The van der Waals surface area contributed by atoms with Crippen LogP contribution in [-0.2, 0) is 6.54 Å². The fraction of sp³-hybridized carbons (Fsp3) is 0.312. The van der Waals surface area contributed by atoms with Gasteiger partial charge in [-0.05, 0) is 6.07 Å². The van der Waals surface area contributed by atoms with Crippen LogP contribution in [-0.4, -0.2) is 51.9 Å². The van der Waals surface area contributed by atoms with Crippen LogP contribution in [0, 0.1) is 10.1 Å². The van der Waals surface area contributed by atoms with Crippen LogP contribution >= 0.6 is 0 Å². The predicted molar refractivity (Wildman–Crippen MR) is 94.2 cm³/mol. The largest absolute Gasteiger partial charge is 0.370 e.